The van der Waals surface area contributed by atoms with Crippen molar-refractivity contribution in [3.8, 4) is 11.5 Å². The highest BCUT2D eigenvalue weighted by Gasteiger charge is 2.32. The van der Waals surface area contributed by atoms with Crippen LogP contribution in [-0.2, 0) is 9.59 Å². The number of halogens is 1. The Labute approximate surface area is 252 Å². The number of carbonyl (C=O) groups is 2. The van der Waals surface area contributed by atoms with E-state index < -0.39 is 0 Å². The number of thioether (sulfide) groups is 1. The highest BCUT2D eigenvalue weighted by molar-refractivity contribution is 8.26. The van der Waals surface area contributed by atoms with Gasteiger partial charge in [-0.1, -0.05) is 72.0 Å². The number of amides is 2. The fourth-order valence-corrected chi connectivity index (χ4v) is 7.13. The highest BCUT2D eigenvalue weighted by atomic mass is 35.5. The molecule has 3 aromatic rings. The summed E-state index contributed by atoms with van der Waals surface area (Å²) in [6.45, 7) is 0.518. The molecular weight excluding hydrogens is 584 g/mol. The van der Waals surface area contributed by atoms with Gasteiger partial charge in [-0.25, -0.2) is 0 Å². The number of benzene rings is 3. The Kier molecular flexibility index (Phi) is 9.05. The van der Waals surface area contributed by atoms with Gasteiger partial charge in [0.2, 0.25) is 5.91 Å². The van der Waals surface area contributed by atoms with Crippen molar-refractivity contribution in [3.05, 3.63) is 76.2 Å². The molecule has 2 aliphatic heterocycles. The van der Waals surface area contributed by atoms with Crippen LogP contribution in [0.4, 0.5) is 11.4 Å². The third kappa shape index (κ3) is 6.02. The van der Waals surface area contributed by atoms with E-state index in [4.69, 9.17) is 33.3 Å². The zero-order valence-electron chi connectivity index (χ0n) is 22.0. The van der Waals surface area contributed by atoms with E-state index in [9.17, 15) is 9.59 Å². The topological polar surface area (TPSA) is 59.1 Å². The fourth-order valence-electron chi connectivity index (χ4n) is 4.62. The summed E-state index contributed by atoms with van der Waals surface area (Å²) in [6.07, 6.45) is 4.46. The average molecular weight is 611 g/mol. The van der Waals surface area contributed by atoms with E-state index in [2.05, 4.69) is 0 Å². The summed E-state index contributed by atoms with van der Waals surface area (Å²) in [5.74, 6) is 1.15. The van der Waals surface area contributed by atoms with E-state index in [1.54, 1.807) is 41.8 Å². The first-order chi connectivity index (χ1) is 19.4. The predicted octanol–water partition coefficient (Wildman–Crippen LogP) is 7.95. The van der Waals surface area contributed by atoms with Crippen molar-refractivity contribution < 1.29 is 19.1 Å². The number of unbranched alkanes of at least 4 members (excludes halogenated alkanes) is 2. The predicted molar refractivity (Wildman–Crippen MR) is 167 cm³/mol. The normalized spacial score (nSPS) is 15.3. The molecule has 1 saturated heterocycles. The Morgan fingerprint density at radius 3 is 2.50 bits per heavy atom. The van der Waals surface area contributed by atoms with Gasteiger partial charge in [-0.2, -0.15) is 0 Å². The first kappa shape index (κ1) is 28.5. The molecule has 40 heavy (non-hydrogen) atoms. The molecular formula is C30H27ClN2O4S3. The molecule has 1 fully saturated rings. The molecule has 0 saturated carbocycles. The van der Waals surface area contributed by atoms with Gasteiger partial charge in [0.15, 0.2) is 11.5 Å². The van der Waals surface area contributed by atoms with Crippen LogP contribution in [0, 0.1) is 0 Å². The van der Waals surface area contributed by atoms with Crippen molar-refractivity contribution in [2.45, 2.75) is 35.5 Å². The molecule has 0 aliphatic carbocycles. The molecule has 3 aromatic carbocycles. The minimum Gasteiger partial charge on any atom is -0.493 e. The van der Waals surface area contributed by atoms with Gasteiger partial charge in [0, 0.05) is 27.8 Å². The van der Waals surface area contributed by atoms with Crippen LogP contribution in [0.2, 0.25) is 5.02 Å². The molecule has 0 N–H and O–H groups in total. The lowest BCUT2D eigenvalue weighted by Gasteiger charge is -2.31. The molecule has 0 spiro atoms. The van der Waals surface area contributed by atoms with Crippen LogP contribution in [0.15, 0.2) is 75.4 Å². The molecule has 2 amide bonds. The molecule has 10 heteroatoms. The van der Waals surface area contributed by atoms with E-state index in [0.29, 0.717) is 45.1 Å². The second-order valence-electron chi connectivity index (χ2n) is 9.17. The summed E-state index contributed by atoms with van der Waals surface area (Å²) in [6, 6.07) is 19.1. The van der Waals surface area contributed by atoms with E-state index in [1.807, 2.05) is 60.7 Å². The van der Waals surface area contributed by atoms with Gasteiger partial charge in [-0.15, -0.1) is 0 Å². The summed E-state index contributed by atoms with van der Waals surface area (Å²) >= 11 is 14.7. The lowest BCUT2D eigenvalue weighted by Crippen LogP contribution is -2.29. The molecule has 0 bridgehead atoms. The SMILES string of the molecule is COc1ccc(/C=C2\SC(=S)N(CCCCCC(=O)N3c4ccccc4Sc4ccc(Cl)cc43)C2=O)cc1OC. The lowest BCUT2D eigenvalue weighted by molar-refractivity contribution is -0.122. The quantitative estimate of drug-likeness (QED) is 0.138. The van der Waals surface area contributed by atoms with Gasteiger partial charge >= 0.3 is 0 Å². The highest BCUT2D eigenvalue weighted by Crippen LogP contribution is 2.49. The van der Waals surface area contributed by atoms with Gasteiger partial charge in [-0.3, -0.25) is 19.4 Å². The summed E-state index contributed by atoms with van der Waals surface area (Å²) in [7, 11) is 3.16. The van der Waals surface area contributed by atoms with Crippen LogP contribution in [0.25, 0.3) is 6.08 Å². The van der Waals surface area contributed by atoms with E-state index in [1.165, 1.54) is 11.8 Å². The number of anilines is 2. The Morgan fingerprint density at radius 2 is 1.70 bits per heavy atom. The van der Waals surface area contributed by atoms with Gasteiger partial charge in [-0.05, 0) is 66.9 Å². The van der Waals surface area contributed by atoms with Crippen LogP contribution in [0.3, 0.4) is 0 Å². The maximum absolute atomic E-state index is 13.4. The zero-order valence-corrected chi connectivity index (χ0v) is 25.2. The second-order valence-corrected chi connectivity index (χ2v) is 12.4. The smallest absolute Gasteiger partial charge is 0.266 e. The number of rotatable bonds is 9. The van der Waals surface area contributed by atoms with Crippen molar-refractivity contribution in [2.24, 2.45) is 0 Å². The number of thiocarbonyl (C=S) groups is 1. The van der Waals surface area contributed by atoms with Gasteiger partial charge < -0.3 is 9.47 Å². The number of ether oxygens (including phenoxy) is 2. The second kappa shape index (κ2) is 12.7. The number of hydrogen-bond acceptors (Lipinski definition) is 7. The van der Waals surface area contributed by atoms with E-state index in [-0.39, 0.29) is 11.8 Å². The van der Waals surface area contributed by atoms with Gasteiger partial charge in [0.25, 0.3) is 5.91 Å². The standard InChI is InChI=1S/C30H27ClN2O4S3/c1-36-23-13-11-19(16-24(23)37-2)17-27-29(35)32(30(38)40-27)15-7-3-4-10-28(34)33-21-8-5-6-9-25(21)39-26-14-12-20(31)18-22(26)33/h5-6,8-9,11-14,16-18H,3-4,7,10,15H2,1-2H3/b27-17-. The molecule has 0 atom stereocenters. The molecule has 0 aromatic heterocycles. The largest absolute Gasteiger partial charge is 0.493 e. The Bertz CT molecular complexity index is 1510. The van der Waals surface area contributed by atoms with E-state index in [0.717, 1.165) is 39.6 Å². The van der Waals surface area contributed by atoms with Crippen molar-refractivity contribution in [1.82, 2.24) is 4.90 Å². The minimum absolute atomic E-state index is 0.0275. The maximum Gasteiger partial charge on any atom is 0.266 e. The Morgan fingerprint density at radius 1 is 0.925 bits per heavy atom. The van der Waals surface area contributed by atoms with Crippen LogP contribution in [-0.4, -0.2) is 41.8 Å². The molecule has 206 valence electrons. The zero-order chi connectivity index (χ0) is 28.2. The maximum atomic E-state index is 13.4. The van der Waals surface area contributed by atoms with Gasteiger partial charge in [0.1, 0.15) is 4.32 Å². The number of nitrogens with zero attached hydrogens (tertiary/aromatic N) is 2. The first-order valence-corrected chi connectivity index (χ1v) is 15.2. The van der Waals surface area contributed by atoms with Crippen molar-refractivity contribution >= 4 is 80.9 Å². The van der Waals surface area contributed by atoms with Crippen molar-refractivity contribution in [1.29, 1.82) is 0 Å². The molecule has 0 radical (unpaired) electrons. The molecule has 5 rings (SSSR count). The molecule has 2 heterocycles. The van der Waals surface area contributed by atoms with Crippen LogP contribution in [0.5, 0.6) is 11.5 Å². The Hall–Kier alpha value is -2.98. The molecule has 0 unspecified atom stereocenters. The van der Waals surface area contributed by atoms with E-state index >= 15 is 0 Å². The summed E-state index contributed by atoms with van der Waals surface area (Å²) < 4.78 is 11.2. The van der Waals surface area contributed by atoms with Crippen LogP contribution in [0.1, 0.15) is 31.2 Å². The van der Waals surface area contributed by atoms with Crippen LogP contribution < -0.4 is 14.4 Å². The number of fused-ring (bicyclic) bond motifs is 2. The van der Waals surface area contributed by atoms with Gasteiger partial charge in [0.05, 0.1) is 30.5 Å². The summed E-state index contributed by atoms with van der Waals surface area (Å²) in [4.78, 5) is 32.5. The first-order valence-electron chi connectivity index (χ1n) is 12.8. The van der Waals surface area contributed by atoms with Crippen molar-refractivity contribution in [2.75, 3.05) is 25.7 Å². The third-order valence-electron chi connectivity index (χ3n) is 6.59. The minimum atomic E-state index is -0.100. The van der Waals surface area contributed by atoms with Crippen LogP contribution >= 0.6 is 47.3 Å². The van der Waals surface area contributed by atoms with Crippen molar-refractivity contribution in [3.63, 3.8) is 0 Å². The third-order valence-corrected chi connectivity index (χ3v) is 9.33. The number of para-hydroxylation sites is 1. The number of hydrogen-bond donors (Lipinski definition) is 0. The number of methoxy groups -OCH3 is 2. The monoisotopic (exact) mass is 610 g/mol. The Balaban J connectivity index is 1.17. The fraction of sp³-hybridized carbons (Fsp3) is 0.233. The summed E-state index contributed by atoms with van der Waals surface area (Å²) in [5.41, 5.74) is 2.53. The summed E-state index contributed by atoms with van der Waals surface area (Å²) in [5, 5.41) is 0.597. The average Bonchev–Trinajstić information content (AvgIpc) is 3.22. The number of carbonyl (C=O) groups excluding carboxylic acids is 2. The molecule has 6 nitrogen and oxygen atoms in total. The molecule has 2 aliphatic rings. The lowest BCUT2D eigenvalue weighted by atomic mass is 10.1.